The molecule has 0 atom stereocenters. The Morgan fingerprint density at radius 3 is 2.56 bits per heavy atom. The normalized spacial score (nSPS) is 10.8. The number of carbonyl (C=O) groups is 2. The third-order valence-corrected chi connectivity index (χ3v) is 5.39. The number of amides is 2. The third kappa shape index (κ3) is 4.36. The lowest BCUT2D eigenvalue weighted by molar-refractivity contribution is 0.0996. The van der Waals surface area contributed by atoms with Gasteiger partial charge in [-0.2, -0.15) is 0 Å². The fraction of sp³-hybridized carbons (Fsp3) is 0.0833. The van der Waals surface area contributed by atoms with E-state index in [1.807, 2.05) is 19.1 Å². The summed E-state index contributed by atoms with van der Waals surface area (Å²) in [7, 11) is 1.46. The van der Waals surface area contributed by atoms with E-state index in [0.29, 0.717) is 28.3 Å². The predicted molar refractivity (Wildman–Crippen MR) is 124 cm³/mol. The Kier molecular flexibility index (Phi) is 5.96. The first-order valence-electron chi connectivity index (χ1n) is 9.60. The number of aryl methyl sites for hydroxylation is 1. The molecule has 0 bridgehead atoms. The number of furan rings is 1. The van der Waals surface area contributed by atoms with Crippen molar-refractivity contribution in [3.63, 3.8) is 0 Å². The molecule has 8 heteroatoms. The van der Waals surface area contributed by atoms with Crippen LogP contribution in [-0.2, 0) is 0 Å². The molecular weight excluding hydrogens is 479 g/mol. The molecule has 6 nitrogen and oxygen atoms in total. The highest BCUT2D eigenvalue weighted by molar-refractivity contribution is 9.10. The summed E-state index contributed by atoms with van der Waals surface area (Å²) in [5.41, 5.74) is 2.22. The zero-order chi connectivity index (χ0) is 22.8. The van der Waals surface area contributed by atoms with Crippen LogP contribution in [0.15, 0.2) is 69.6 Å². The average molecular weight is 497 g/mol. The molecule has 0 saturated carbocycles. The summed E-state index contributed by atoms with van der Waals surface area (Å²) in [6.07, 6.45) is 0. The van der Waals surface area contributed by atoms with Gasteiger partial charge in [0.15, 0.2) is 5.76 Å². The maximum Gasteiger partial charge on any atom is 0.291 e. The van der Waals surface area contributed by atoms with E-state index in [1.165, 1.54) is 25.3 Å². The topological polar surface area (TPSA) is 80.6 Å². The maximum atomic E-state index is 13.4. The number of halogens is 2. The van der Waals surface area contributed by atoms with Crippen LogP contribution < -0.4 is 15.4 Å². The van der Waals surface area contributed by atoms with E-state index < -0.39 is 17.6 Å². The smallest absolute Gasteiger partial charge is 0.291 e. The lowest BCUT2D eigenvalue weighted by Crippen LogP contribution is -2.15. The lowest BCUT2D eigenvalue weighted by Gasteiger charge is -2.13. The molecule has 162 valence electrons. The second-order valence-corrected chi connectivity index (χ2v) is 7.95. The number of anilines is 2. The minimum absolute atomic E-state index is 0.158. The van der Waals surface area contributed by atoms with E-state index in [0.717, 1.165) is 15.9 Å². The Balaban J connectivity index is 1.59. The molecule has 0 saturated heterocycles. The van der Waals surface area contributed by atoms with Gasteiger partial charge in [0.1, 0.15) is 17.1 Å². The van der Waals surface area contributed by atoms with E-state index in [2.05, 4.69) is 26.6 Å². The molecule has 2 amide bonds. The number of methoxy groups -OCH3 is 1. The Hall–Kier alpha value is -3.65. The predicted octanol–water partition coefficient (Wildman–Crippen LogP) is 6.16. The molecule has 0 fully saturated rings. The number of carbonyl (C=O) groups excluding carboxylic acids is 2. The van der Waals surface area contributed by atoms with Gasteiger partial charge in [0.25, 0.3) is 11.8 Å². The van der Waals surface area contributed by atoms with E-state index >= 15 is 0 Å². The van der Waals surface area contributed by atoms with Crippen LogP contribution in [0.4, 0.5) is 15.8 Å². The van der Waals surface area contributed by atoms with Gasteiger partial charge in [0, 0.05) is 26.7 Å². The molecular formula is C24H18BrFN2O4. The summed E-state index contributed by atoms with van der Waals surface area (Å²) in [6.45, 7) is 1.81. The molecule has 4 rings (SSSR count). The quantitative estimate of drug-likeness (QED) is 0.346. The molecule has 32 heavy (non-hydrogen) atoms. The Morgan fingerprint density at radius 1 is 1.00 bits per heavy atom. The van der Waals surface area contributed by atoms with Crippen LogP contribution in [0.2, 0.25) is 0 Å². The van der Waals surface area contributed by atoms with Crippen molar-refractivity contribution in [1.82, 2.24) is 0 Å². The first-order valence-corrected chi connectivity index (χ1v) is 10.4. The molecule has 0 aliphatic carbocycles. The molecule has 2 N–H and O–H groups in total. The van der Waals surface area contributed by atoms with Crippen LogP contribution in [0.5, 0.6) is 5.75 Å². The Morgan fingerprint density at radius 2 is 1.81 bits per heavy atom. The van der Waals surface area contributed by atoms with Crippen molar-refractivity contribution < 1.29 is 23.1 Å². The summed E-state index contributed by atoms with van der Waals surface area (Å²) in [5, 5.41) is 6.30. The summed E-state index contributed by atoms with van der Waals surface area (Å²) in [5.74, 6) is -0.872. The van der Waals surface area contributed by atoms with Crippen LogP contribution in [-0.4, -0.2) is 18.9 Å². The average Bonchev–Trinajstić information content (AvgIpc) is 3.10. The Labute approximate surface area is 191 Å². The van der Waals surface area contributed by atoms with Gasteiger partial charge < -0.3 is 19.8 Å². The molecule has 0 aliphatic rings. The molecule has 0 unspecified atom stereocenters. The zero-order valence-corrected chi connectivity index (χ0v) is 18.7. The standard InChI is InChI=1S/C24H18BrFN2O4/c1-13-18-11-15(25)6-8-20(18)32-22(13)24(30)27-17-7-9-21(31-2)19(12-17)28-23(29)14-4-3-5-16(26)10-14/h3-12H,1-2H3,(H,27,30)(H,28,29). The van der Waals surface area contributed by atoms with Gasteiger partial charge in [-0.1, -0.05) is 22.0 Å². The van der Waals surface area contributed by atoms with Crippen LogP contribution in [0.25, 0.3) is 11.0 Å². The summed E-state index contributed by atoms with van der Waals surface area (Å²) < 4.78 is 25.4. The molecule has 1 aromatic heterocycles. The van der Waals surface area contributed by atoms with Crippen molar-refractivity contribution in [2.24, 2.45) is 0 Å². The van der Waals surface area contributed by atoms with Crippen LogP contribution in [0.3, 0.4) is 0 Å². The third-order valence-electron chi connectivity index (χ3n) is 4.90. The van der Waals surface area contributed by atoms with Gasteiger partial charge in [-0.05, 0) is 61.5 Å². The van der Waals surface area contributed by atoms with Crippen molar-refractivity contribution in [2.45, 2.75) is 6.92 Å². The second-order valence-electron chi connectivity index (χ2n) is 7.03. The van der Waals surface area contributed by atoms with Gasteiger partial charge in [-0.3, -0.25) is 9.59 Å². The van der Waals surface area contributed by atoms with Crippen molar-refractivity contribution in [3.8, 4) is 5.75 Å². The number of nitrogens with one attached hydrogen (secondary N) is 2. The van der Waals surface area contributed by atoms with Crippen molar-refractivity contribution in [3.05, 3.63) is 87.8 Å². The Bertz CT molecular complexity index is 1350. The number of benzene rings is 3. The van der Waals surface area contributed by atoms with Crippen LogP contribution in [0.1, 0.15) is 26.5 Å². The van der Waals surface area contributed by atoms with Gasteiger partial charge in [0.2, 0.25) is 0 Å². The maximum absolute atomic E-state index is 13.4. The van der Waals surface area contributed by atoms with E-state index in [4.69, 9.17) is 9.15 Å². The highest BCUT2D eigenvalue weighted by atomic mass is 79.9. The summed E-state index contributed by atoms with van der Waals surface area (Å²) in [6, 6.07) is 15.7. The van der Waals surface area contributed by atoms with E-state index in [-0.39, 0.29) is 11.3 Å². The van der Waals surface area contributed by atoms with Crippen LogP contribution >= 0.6 is 15.9 Å². The number of ether oxygens (including phenoxy) is 1. The molecule has 0 spiro atoms. The first-order chi connectivity index (χ1) is 15.4. The molecule has 0 aliphatic heterocycles. The highest BCUT2D eigenvalue weighted by Gasteiger charge is 2.19. The van der Waals surface area contributed by atoms with Gasteiger partial charge >= 0.3 is 0 Å². The molecule has 1 heterocycles. The number of fused-ring (bicyclic) bond motifs is 1. The lowest BCUT2D eigenvalue weighted by atomic mass is 10.1. The van der Waals surface area contributed by atoms with Crippen molar-refractivity contribution in [2.75, 3.05) is 17.7 Å². The first kappa shape index (κ1) is 21.6. The van der Waals surface area contributed by atoms with Gasteiger partial charge in [0.05, 0.1) is 12.8 Å². The van der Waals surface area contributed by atoms with Crippen molar-refractivity contribution in [1.29, 1.82) is 0 Å². The van der Waals surface area contributed by atoms with Crippen molar-refractivity contribution >= 4 is 50.1 Å². The molecule has 3 aromatic carbocycles. The second kappa shape index (κ2) is 8.84. The molecule has 0 radical (unpaired) electrons. The van der Waals surface area contributed by atoms with E-state index in [9.17, 15) is 14.0 Å². The number of hydrogen-bond acceptors (Lipinski definition) is 4. The van der Waals surface area contributed by atoms with Gasteiger partial charge in [-0.15, -0.1) is 0 Å². The minimum atomic E-state index is -0.515. The fourth-order valence-electron chi connectivity index (χ4n) is 3.31. The summed E-state index contributed by atoms with van der Waals surface area (Å²) in [4.78, 5) is 25.4. The fourth-order valence-corrected chi connectivity index (χ4v) is 3.67. The zero-order valence-electron chi connectivity index (χ0n) is 17.2. The van der Waals surface area contributed by atoms with E-state index in [1.54, 1.807) is 24.3 Å². The molecule has 4 aromatic rings. The minimum Gasteiger partial charge on any atom is -0.495 e. The number of hydrogen-bond donors (Lipinski definition) is 2. The SMILES string of the molecule is COc1ccc(NC(=O)c2oc3ccc(Br)cc3c2C)cc1NC(=O)c1cccc(F)c1. The highest BCUT2D eigenvalue weighted by Crippen LogP contribution is 2.31. The largest absolute Gasteiger partial charge is 0.495 e. The number of rotatable bonds is 5. The monoisotopic (exact) mass is 496 g/mol. The summed E-state index contributed by atoms with van der Waals surface area (Å²) >= 11 is 3.42. The van der Waals surface area contributed by atoms with Crippen LogP contribution in [0, 0.1) is 12.7 Å². The van der Waals surface area contributed by atoms with Gasteiger partial charge in [-0.25, -0.2) is 4.39 Å².